The third-order valence-electron chi connectivity index (χ3n) is 6.69. The molecule has 5 rings (SSSR count). The zero-order chi connectivity index (χ0) is 24.4. The van der Waals surface area contributed by atoms with E-state index in [0.29, 0.717) is 45.3 Å². The van der Waals surface area contributed by atoms with Crippen molar-refractivity contribution >= 4 is 45.2 Å². The fourth-order valence-electron chi connectivity index (χ4n) is 4.93. The lowest BCUT2D eigenvalue weighted by molar-refractivity contribution is -0.0421. The van der Waals surface area contributed by atoms with E-state index in [4.69, 9.17) is 23.1 Å². The number of nitrogens with two attached hydrogens (primary N) is 2. The van der Waals surface area contributed by atoms with Crippen LogP contribution in [0.25, 0.3) is 21.9 Å². The van der Waals surface area contributed by atoms with Crippen LogP contribution in [0.2, 0.25) is 5.02 Å². The molecule has 3 aromatic heterocycles. The molecule has 176 valence electrons. The summed E-state index contributed by atoms with van der Waals surface area (Å²) in [6.45, 7) is 3.51. The highest BCUT2D eigenvalue weighted by Gasteiger charge is 2.47. The molecule has 6 N–H and O–H groups in total. The molecule has 8 nitrogen and oxygen atoms in total. The number of aromatic nitrogens is 4. The normalized spacial score (nSPS) is 23.5. The molecule has 0 saturated carbocycles. The smallest absolute Gasteiger partial charge is 0.146 e. The molecule has 3 heterocycles. The maximum absolute atomic E-state index is 14.8. The summed E-state index contributed by atoms with van der Waals surface area (Å²) in [6, 6.07) is 5.88. The van der Waals surface area contributed by atoms with Crippen LogP contribution >= 0.6 is 11.6 Å². The molecule has 0 spiro atoms. The van der Waals surface area contributed by atoms with Gasteiger partial charge in [0.2, 0.25) is 0 Å². The van der Waals surface area contributed by atoms with Crippen LogP contribution in [0, 0.1) is 11.7 Å². The summed E-state index contributed by atoms with van der Waals surface area (Å²) >= 11 is 5.99. The number of benzene rings is 1. The van der Waals surface area contributed by atoms with Crippen LogP contribution in [0.15, 0.2) is 48.4 Å². The molecule has 0 radical (unpaired) electrons. The van der Waals surface area contributed by atoms with E-state index in [0.717, 1.165) is 0 Å². The fourth-order valence-corrected chi connectivity index (χ4v) is 5.08. The standard InChI is InChI=1S/C24H24ClFN6O2/c1-11(5-12-6-17(26)14-8-16(25)22(28)31-18(14)7-12)15-9-19(20(33)24(15,2)34)32-4-3-13-21(27)29-10-30-23(13)32/h3-4,6-11,19-20,33-34H,5H2,1-2H3,(H2,28,31)(H2,27,29,30)/t11?,19?,20-,24?/m1/s1. The SMILES string of the molecule is CC(Cc1cc(F)c2cc(Cl)c(N)nc2c1)C1=CC(n2ccc3c(N)ncnc32)[C@@H](O)C1(C)O. The second-order valence-electron chi connectivity index (χ2n) is 9.03. The van der Waals surface area contributed by atoms with Gasteiger partial charge in [0.15, 0.2) is 0 Å². The van der Waals surface area contributed by atoms with Gasteiger partial charge in [0.1, 0.15) is 41.1 Å². The van der Waals surface area contributed by atoms with E-state index >= 15 is 0 Å². The highest BCUT2D eigenvalue weighted by molar-refractivity contribution is 6.33. The van der Waals surface area contributed by atoms with Gasteiger partial charge >= 0.3 is 0 Å². The molecule has 1 aromatic carbocycles. The van der Waals surface area contributed by atoms with E-state index < -0.39 is 23.6 Å². The number of aliphatic hydroxyl groups is 2. The summed E-state index contributed by atoms with van der Waals surface area (Å²) < 4.78 is 16.5. The van der Waals surface area contributed by atoms with E-state index in [1.165, 1.54) is 18.5 Å². The topological polar surface area (TPSA) is 136 Å². The van der Waals surface area contributed by atoms with Crippen LogP contribution in [0.4, 0.5) is 16.0 Å². The predicted octanol–water partition coefficient (Wildman–Crippen LogP) is 3.41. The van der Waals surface area contributed by atoms with Gasteiger partial charge in [-0.25, -0.2) is 19.3 Å². The predicted molar refractivity (Wildman–Crippen MR) is 130 cm³/mol. The molecule has 34 heavy (non-hydrogen) atoms. The van der Waals surface area contributed by atoms with E-state index in [1.54, 1.807) is 29.8 Å². The van der Waals surface area contributed by atoms with Crippen molar-refractivity contribution in [2.75, 3.05) is 11.5 Å². The van der Waals surface area contributed by atoms with E-state index in [-0.39, 0.29) is 16.8 Å². The molecule has 0 bridgehead atoms. The lowest BCUT2D eigenvalue weighted by Crippen LogP contribution is -2.42. The summed E-state index contributed by atoms with van der Waals surface area (Å²) in [7, 11) is 0. The first kappa shape index (κ1) is 22.5. The van der Waals surface area contributed by atoms with E-state index in [1.807, 2.05) is 13.0 Å². The number of rotatable bonds is 4. The van der Waals surface area contributed by atoms with Crippen LogP contribution in [0.1, 0.15) is 25.5 Å². The molecule has 1 aliphatic carbocycles. The van der Waals surface area contributed by atoms with Crippen molar-refractivity contribution in [2.45, 2.75) is 38.0 Å². The van der Waals surface area contributed by atoms with Gasteiger partial charge in [-0.3, -0.25) is 0 Å². The fraction of sp³-hybridized carbons (Fsp3) is 0.292. The Bertz CT molecular complexity index is 1470. The Morgan fingerprint density at radius 3 is 2.74 bits per heavy atom. The number of anilines is 2. The summed E-state index contributed by atoms with van der Waals surface area (Å²) in [5, 5.41) is 23.5. The molecule has 0 saturated heterocycles. The number of nitrogen functional groups attached to an aromatic ring is 2. The molecule has 4 aromatic rings. The molecule has 10 heteroatoms. The van der Waals surface area contributed by atoms with Crippen molar-refractivity contribution in [3.8, 4) is 0 Å². The van der Waals surface area contributed by atoms with Crippen molar-refractivity contribution in [2.24, 2.45) is 5.92 Å². The number of nitrogens with zero attached hydrogens (tertiary/aromatic N) is 4. The van der Waals surface area contributed by atoms with Crippen LogP contribution in [-0.4, -0.2) is 41.4 Å². The Kier molecular flexibility index (Phi) is 5.23. The van der Waals surface area contributed by atoms with Crippen LogP contribution < -0.4 is 11.5 Å². The Morgan fingerprint density at radius 1 is 1.21 bits per heavy atom. The van der Waals surface area contributed by atoms with Gasteiger partial charge in [0.25, 0.3) is 0 Å². The van der Waals surface area contributed by atoms with Crippen LogP contribution in [0.3, 0.4) is 0 Å². The number of aliphatic hydroxyl groups excluding tert-OH is 1. The van der Waals surface area contributed by atoms with Crippen LogP contribution in [-0.2, 0) is 6.42 Å². The minimum absolute atomic E-state index is 0.134. The summed E-state index contributed by atoms with van der Waals surface area (Å²) in [5.41, 5.74) is 12.6. The van der Waals surface area contributed by atoms with Gasteiger partial charge in [-0.15, -0.1) is 0 Å². The van der Waals surface area contributed by atoms with Crippen LogP contribution in [0.5, 0.6) is 0 Å². The minimum Gasteiger partial charge on any atom is -0.387 e. The molecule has 0 aliphatic heterocycles. The van der Waals surface area contributed by atoms with Crippen molar-refractivity contribution < 1.29 is 14.6 Å². The van der Waals surface area contributed by atoms with E-state index in [2.05, 4.69) is 15.0 Å². The first-order valence-electron chi connectivity index (χ1n) is 10.8. The van der Waals surface area contributed by atoms with Crippen molar-refractivity contribution in [1.29, 1.82) is 0 Å². The lowest BCUT2D eigenvalue weighted by atomic mass is 9.84. The zero-order valence-corrected chi connectivity index (χ0v) is 19.3. The lowest BCUT2D eigenvalue weighted by Gasteiger charge is -2.31. The third-order valence-corrected chi connectivity index (χ3v) is 7.00. The Labute approximate surface area is 199 Å². The number of halogens is 2. The quantitative estimate of drug-likeness (QED) is 0.327. The molecule has 0 amide bonds. The maximum Gasteiger partial charge on any atom is 0.146 e. The molecular formula is C24H24ClFN6O2. The summed E-state index contributed by atoms with van der Waals surface area (Å²) in [6.07, 6.45) is 4.28. The van der Waals surface area contributed by atoms with Crippen molar-refractivity contribution in [1.82, 2.24) is 19.5 Å². The number of fused-ring (bicyclic) bond motifs is 2. The Morgan fingerprint density at radius 2 is 1.97 bits per heavy atom. The highest BCUT2D eigenvalue weighted by atomic mass is 35.5. The average molecular weight is 483 g/mol. The second-order valence-corrected chi connectivity index (χ2v) is 9.44. The van der Waals surface area contributed by atoms with E-state index in [9.17, 15) is 14.6 Å². The zero-order valence-electron chi connectivity index (χ0n) is 18.6. The van der Waals surface area contributed by atoms with Gasteiger partial charge < -0.3 is 26.2 Å². The molecule has 0 fully saturated rings. The first-order chi connectivity index (χ1) is 16.1. The Balaban J connectivity index is 1.50. The molecule has 4 atom stereocenters. The van der Waals surface area contributed by atoms with Gasteiger partial charge in [0, 0.05) is 11.6 Å². The molecule has 3 unspecified atom stereocenters. The first-order valence-corrected chi connectivity index (χ1v) is 11.2. The molecule has 1 aliphatic rings. The minimum atomic E-state index is -1.50. The second kappa shape index (κ2) is 7.90. The summed E-state index contributed by atoms with van der Waals surface area (Å²) in [4.78, 5) is 12.5. The van der Waals surface area contributed by atoms with Crippen molar-refractivity contribution in [3.05, 3.63) is 64.8 Å². The molecular weight excluding hydrogens is 459 g/mol. The third kappa shape index (κ3) is 3.48. The summed E-state index contributed by atoms with van der Waals surface area (Å²) in [5.74, 6) is -0.183. The monoisotopic (exact) mass is 482 g/mol. The average Bonchev–Trinajstić information content (AvgIpc) is 3.29. The Hall–Kier alpha value is -3.27. The largest absolute Gasteiger partial charge is 0.387 e. The number of pyridine rings is 1. The number of hydrogen-bond donors (Lipinski definition) is 4. The van der Waals surface area contributed by atoms with Gasteiger partial charge in [-0.2, -0.15) is 0 Å². The van der Waals surface area contributed by atoms with Gasteiger partial charge in [0.05, 0.1) is 22.0 Å². The highest BCUT2D eigenvalue weighted by Crippen LogP contribution is 2.43. The maximum atomic E-state index is 14.8. The van der Waals surface area contributed by atoms with Gasteiger partial charge in [-0.1, -0.05) is 24.6 Å². The van der Waals surface area contributed by atoms with Gasteiger partial charge in [-0.05, 0) is 54.7 Å². The number of hydrogen-bond acceptors (Lipinski definition) is 7. The van der Waals surface area contributed by atoms with Crippen molar-refractivity contribution in [3.63, 3.8) is 0 Å².